The van der Waals surface area contributed by atoms with E-state index >= 15 is 0 Å². The number of rotatable bonds is 7. The number of carbonyl (C=O) groups is 1. The first kappa shape index (κ1) is 34.6. The lowest BCUT2D eigenvalue weighted by Gasteiger charge is -2.54. The predicted molar refractivity (Wildman–Crippen MR) is 176 cm³/mol. The van der Waals surface area contributed by atoms with Crippen LogP contribution in [-0.4, -0.2) is 64.2 Å². The molecule has 0 spiro atoms. The van der Waals surface area contributed by atoms with Gasteiger partial charge in [-0.1, -0.05) is 51.1 Å². The van der Waals surface area contributed by atoms with Crippen molar-refractivity contribution >= 4 is 5.97 Å². The van der Waals surface area contributed by atoms with Gasteiger partial charge in [0, 0.05) is 47.8 Å². The van der Waals surface area contributed by atoms with Crippen molar-refractivity contribution in [3.05, 3.63) is 47.2 Å². The number of ether oxygens (including phenoxy) is 2. The highest BCUT2D eigenvalue weighted by molar-refractivity contribution is 5.80. The fraction of sp³-hybridized carbons (Fsp3) is 0.757. The van der Waals surface area contributed by atoms with Crippen LogP contribution in [0, 0.1) is 12.3 Å². The molecule has 0 radical (unpaired) electrons. The molecule has 2 saturated heterocycles. The summed E-state index contributed by atoms with van der Waals surface area (Å²) < 4.78 is 13.2. The molecule has 1 aromatic carbocycles. The molecule has 1 aromatic rings. The van der Waals surface area contributed by atoms with E-state index in [0.29, 0.717) is 12.2 Å². The minimum Gasteiger partial charge on any atom is -0.494 e. The molecule has 5 nitrogen and oxygen atoms in total. The van der Waals surface area contributed by atoms with E-state index in [-0.39, 0.29) is 45.7 Å². The summed E-state index contributed by atoms with van der Waals surface area (Å²) in [6.45, 7) is 33.3. The number of esters is 1. The maximum Gasteiger partial charge on any atom is 0.320 e. The molecule has 1 atom stereocenters. The van der Waals surface area contributed by atoms with Gasteiger partial charge in [-0.25, -0.2) is 0 Å². The van der Waals surface area contributed by atoms with Crippen LogP contribution in [0.1, 0.15) is 125 Å². The number of nitrogens with zero attached hydrogens (tertiary/aromatic N) is 2. The minimum atomic E-state index is -1.03. The van der Waals surface area contributed by atoms with Crippen LogP contribution in [0.4, 0.5) is 0 Å². The third-order valence-electron chi connectivity index (χ3n) is 10.8. The number of aryl methyl sites for hydroxylation is 1. The number of likely N-dealkylation sites (tertiary alicyclic amines) is 2. The second-order valence-electron chi connectivity index (χ2n) is 17.3. The Hall–Kier alpha value is -1.85. The maximum absolute atomic E-state index is 14.4. The molecule has 0 aromatic heterocycles. The van der Waals surface area contributed by atoms with Crippen molar-refractivity contribution < 1.29 is 14.3 Å². The Balaban J connectivity index is 1.97. The first-order valence-corrected chi connectivity index (χ1v) is 16.0. The molecule has 3 rings (SSSR count). The van der Waals surface area contributed by atoms with Gasteiger partial charge in [0.05, 0.1) is 0 Å². The van der Waals surface area contributed by atoms with Crippen LogP contribution in [0.25, 0.3) is 0 Å². The summed E-state index contributed by atoms with van der Waals surface area (Å²) in [5.41, 5.74) is 2.30. The number of hydrogen-bond donors (Lipinski definition) is 0. The average molecular weight is 583 g/mol. The van der Waals surface area contributed by atoms with Crippen LogP contribution in [0.3, 0.4) is 0 Å². The van der Waals surface area contributed by atoms with E-state index in [1.54, 1.807) is 0 Å². The molecule has 0 amide bonds. The fourth-order valence-corrected chi connectivity index (χ4v) is 7.43. The zero-order valence-corrected chi connectivity index (χ0v) is 29.7. The Labute approximate surface area is 258 Å². The Morgan fingerprint density at radius 3 is 1.60 bits per heavy atom. The molecule has 5 heteroatoms. The molecule has 42 heavy (non-hydrogen) atoms. The molecule has 2 aliphatic rings. The maximum atomic E-state index is 14.4. The second kappa shape index (κ2) is 11.3. The monoisotopic (exact) mass is 582 g/mol. The molecule has 2 aliphatic heterocycles. The third kappa shape index (κ3) is 7.26. The first-order chi connectivity index (χ1) is 18.8. The van der Waals surface area contributed by atoms with E-state index in [1.807, 2.05) is 6.92 Å². The third-order valence-corrected chi connectivity index (χ3v) is 10.8. The van der Waals surface area contributed by atoms with Gasteiger partial charge in [0.1, 0.15) is 23.4 Å². The van der Waals surface area contributed by atoms with Crippen molar-refractivity contribution in [2.75, 3.05) is 14.1 Å². The molecule has 238 valence electrons. The quantitative estimate of drug-likeness (QED) is 0.239. The number of carbonyl (C=O) groups excluding carboxylic acids is 1. The van der Waals surface area contributed by atoms with Crippen molar-refractivity contribution in [3.8, 4) is 0 Å². The molecule has 1 unspecified atom stereocenters. The molecule has 2 heterocycles. The van der Waals surface area contributed by atoms with E-state index in [2.05, 4.69) is 132 Å². The van der Waals surface area contributed by atoms with Gasteiger partial charge in [-0.2, -0.15) is 0 Å². The van der Waals surface area contributed by atoms with Crippen molar-refractivity contribution in [3.63, 3.8) is 0 Å². The van der Waals surface area contributed by atoms with Gasteiger partial charge in [-0.3, -0.25) is 14.6 Å². The Morgan fingerprint density at radius 1 is 0.786 bits per heavy atom. The molecule has 2 fully saturated rings. The molecule has 0 aliphatic carbocycles. The summed E-state index contributed by atoms with van der Waals surface area (Å²) >= 11 is 0. The van der Waals surface area contributed by atoms with Crippen molar-refractivity contribution in [1.82, 2.24) is 9.80 Å². The summed E-state index contributed by atoms with van der Waals surface area (Å²) in [7, 11) is 4.37. The van der Waals surface area contributed by atoms with Gasteiger partial charge in [0.25, 0.3) is 0 Å². The molecular weight excluding hydrogens is 520 g/mol. The van der Waals surface area contributed by atoms with E-state index in [9.17, 15) is 4.79 Å². The zero-order valence-electron chi connectivity index (χ0n) is 29.7. The van der Waals surface area contributed by atoms with E-state index in [4.69, 9.17) is 9.47 Å². The molecule has 0 bridgehead atoms. The number of hydrogen-bond acceptors (Lipinski definition) is 5. The van der Waals surface area contributed by atoms with Crippen molar-refractivity contribution in [2.24, 2.45) is 5.41 Å². The summed E-state index contributed by atoms with van der Waals surface area (Å²) in [6.07, 6.45) is 3.59. The summed E-state index contributed by atoms with van der Waals surface area (Å²) in [4.78, 5) is 19.3. The van der Waals surface area contributed by atoms with E-state index in [0.717, 1.165) is 31.2 Å². The highest BCUT2D eigenvalue weighted by atomic mass is 16.6. The SMILES string of the molecule is C=C(OC1CC(C)(C)N(C)C(C)(C)C1)C(C)(Cc1cc(C)cc(C(C)(C)C)c1)C(=O)OC1CC(C)(C)N(C)C(C)(C)C1. The average Bonchev–Trinajstić information content (AvgIpc) is 2.79. The van der Waals surface area contributed by atoms with Crippen LogP contribution in [0.2, 0.25) is 0 Å². The molecule has 0 N–H and O–H groups in total. The highest BCUT2D eigenvalue weighted by Gasteiger charge is 2.49. The standard InChI is InChI=1S/C37H62N2O3/c1-25-17-27(19-28(18-25)32(3,4)5)20-37(14,26(2)41-29-21-33(6,7)38(15)34(8,9)22-29)31(40)42-30-23-35(10,11)39(16)36(12,13)24-30/h17-19,29-30H,2,20-24H2,1,3-16H3. The topological polar surface area (TPSA) is 42.0 Å². The summed E-state index contributed by atoms with van der Waals surface area (Å²) in [5.74, 6) is 0.276. The Kier molecular flexibility index (Phi) is 9.28. The Bertz CT molecular complexity index is 1080. The van der Waals surface area contributed by atoms with E-state index in [1.165, 1.54) is 11.1 Å². The largest absolute Gasteiger partial charge is 0.494 e. The van der Waals surface area contributed by atoms with Gasteiger partial charge >= 0.3 is 5.97 Å². The van der Waals surface area contributed by atoms with Gasteiger partial charge in [0.2, 0.25) is 0 Å². The van der Waals surface area contributed by atoms with Gasteiger partial charge < -0.3 is 9.47 Å². The normalized spacial score (nSPS) is 24.5. The summed E-state index contributed by atoms with van der Waals surface area (Å²) in [6, 6.07) is 6.68. The number of piperidine rings is 2. The first-order valence-electron chi connectivity index (χ1n) is 16.0. The van der Waals surface area contributed by atoms with Crippen LogP contribution < -0.4 is 0 Å². The van der Waals surface area contributed by atoms with Crippen molar-refractivity contribution in [2.45, 2.75) is 162 Å². The lowest BCUT2D eigenvalue weighted by atomic mass is 9.77. The predicted octanol–water partition coefficient (Wildman–Crippen LogP) is 8.22. The fourth-order valence-electron chi connectivity index (χ4n) is 7.43. The van der Waals surface area contributed by atoms with Crippen LogP contribution >= 0.6 is 0 Å². The molecule has 0 saturated carbocycles. The minimum absolute atomic E-state index is 0.00175. The molecular formula is C37H62N2O3. The lowest BCUT2D eigenvalue weighted by molar-refractivity contribution is -0.171. The zero-order chi connectivity index (χ0) is 32.3. The van der Waals surface area contributed by atoms with Gasteiger partial charge in [-0.15, -0.1) is 0 Å². The van der Waals surface area contributed by atoms with Crippen molar-refractivity contribution in [1.29, 1.82) is 0 Å². The Morgan fingerprint density at radius 2 is 1.19 bits per heavy atom. The number of benzene rings is 1. The van der Waals surface area contributed by atoms with Crippen LogP contribution in [-0.2, 0) is 26.1 Å². The van der Waals surface area contributed by atoms with Crippen LogP contribution in [0.15, 0.2) is 30.5 Å². The highest BCUT2D eigenvalue weighted by Crippen LogP contribution is 2.44. The van der Waals surface area contributed by atoms with Gasteiger partial charge in [-0.05, 0) is 106 Å². The summed E-state index contributed by atoms with van der Waals surface area (Å²) in [5, 5.41) is 0. The van der Waals surface area contributed by atoms with Crippen LogP contribution in [0.5, 0.6) is 0 Å². The smallest absolute Gasteiger partial charge is 0.320 e. The van der Waals surface area contributed by atoms with E-state index < -0.39 is 5.41 Å². The lowest BCUT2D eigenvalue weighted by Crippen LogP contribution is -2.61. The van der Waals surface area contributed by atoms with Gasteiger partial charge in [0.15, 0.2) is 0 Å². The second-order valence-corrected chi connectivity index (χ2v) is 17.3.